The van der Waals surface area contributed by atoms with Crippen LogP contribution in [0.5, 0.6) is 0 Å². The molecule has 0 spiro atoms. The van der Waals surface area contributed by atoms with Crippen molar-refractivity contribution in [3.05, 3.63) is 16.8 Å². The summed E-state index contributed by atoms with van der Waals surface area (Å²) in [5.74, 6) is 1.36. The summed E-state index contributed by atoms with van der Waals surface area (Å²) in [6, 6.07) is 0. The number of nitrogens with two attached hydrogens (primary N) is 1. The van der Waals surface area contributed by atoms with Crippen molar-refractivity contribution in [2.75, 3.05) is 31.7 Å². The summed E-state index contributed by atoms with van der Waals surface area (Å²) >= 11 is 0. The van der Waals surface area contributed by atoms with Crippen LogP contribution in [0.2, 0.25) is 0 Å². The van der Waals surface area contributed by atoms with Crippen LogP contribution in [0.25, 0.3) is 0 Å². The predicted octanol–water partition coefficient (Wildman–Crippen LogP) is 1.05. The highest BCUT2D eigenvalue weighted by Gasteiger charge is 2.25. The molecule has 7 nitrogen and oxygen atoms in total. The van der Waals surface area contributed by atoms with Crippen LogP contribution < -0.4 is 10.6 Å². The number of aromatic nitrogens is 2. The molecule has 1 aliphatic rings. The minimum atomic E-state index is 0.0829. The van der Waals surface area contributed by atoms with Crippen molar-refractivity contribution in [2.24, 2.45) is 16.8 Å². The van der Waals surface area contributed by atoms with Gasteiger partial charge in [0.25, 0.3) is 0 Å². The molecule has 0 saturated carbocycles. The third-order valence-electron chi connectivity index (χ3n) is 4.12. The number of nitrogens with zero attached hydrogens (tertiary/aromatic N) is 4. The molecule has 2 heterocycles. The number of piperidine rings is 1. The Morgan fingerprint density at radius 1 is 1.38 bits per heavy atom. The highest BCUT2D eigenvalue weighted by Crippen LogP contribution is 2.26. The first-order chi connectivity index (χ1) is 10.1. The zero-order valence-electron chi connectivity index (χ0n) is 12.8. The second-order valence-electron chi connectivity index (χ2n) is 5.48. The zero-order valence-corrected chi connectivity index (χ0v) is 12.8. The molecule has 1 aliphatic heterocycles. The van der Waals surface area contributed by atoms with Crippen LogP contribution in [0.4, 0.5) is 5.82 Å². The average molecular weight is 293 g/mol. The van der Waals surface area contributed by atoms with Gasteiger partial charge in [-0.2, -0.15) is 5.10 Å². The Hall–Kier alpha value is -1.89. The molecular formula is C14H23N5O2. The Balaban J connectivity index is 2.27. The first-order valence-corrected chi connectivity index (χ1v) is 7.14. The molecule has 0 aromatic carbocycles. The summed E-state index contributed by atoms with van der Waals surface area (Å²) in [4.78, 5) is 2.15. The highest BCUT2D eigenvalue weighted by molar-refractivity contribution is 6.02. The van der Waals surface area contributed by atoms with Gasteiger partial charge in [-0.05, 0) is 38.2 Å². The molecule has 1 fully saturated rings. The van der Waals surface area contributed by atoms with Gasteiger partial charge in [0.2, 0.25) is 0 Å². The first kappa shape index (κ1) is 15.5. The molecule has 0 radical (unpaired) electrons. The second kappa shape index (κ2) is 6.71. The van der Waals surface area contributed by atoms with Crippen molar-refractivity contribution in [1.82, 2.24) is 10.2 Å². The van der Waals surface area contributed by atoms with Gasteiger partial charge in [0.1, 0.15) is 0 Å². The minimum absolute atomic E-state index is 0.0829. The first-order valence-electron chi connectivity index (χ1n) is 7.14. The lowest BCUT2D eigenvalue weighted by Gasteiger charge is -2.33. The molecular weight excluding hydrogens is 270 g/mol. The molecule has 0 atom stereocenters. The number of hydrogen-bond acceptors (Lipinski definition) is 6. The van der Waals surface area contributed by atoms with Crippen molar-refractivity contribution >= 4 is 11.7 Å². The molecule has 1 saturated heterocycles. The van der Waals surface area contributed by atoms with Gasteiger partial charge in [0, 0.05) is 26.8 Å². The van der Waals surface area contributed by atoms with Crippen LogP contribution in [0.15, 0.2) is 5.16 Å². The van der Waals surface area contributed by atoms with Crippen molar-refractivity contribution < 1.29 is 9.94 Å². The lowest BCUT2D eigenvalue weighted by Crippen LogP contribution is -2.37. The lowest BCUT2D eigenvalue weighted by molar-refractivity contribution is 0.139. The van der Waals surface area contributed by atoms with Crippen LogP contribution >= 0.6 is 0 Å². The molecule has 2 rings (SSSR count). The van der Waals surface area contributed by atoms with Gasteiger partial charge in [-0.25, -0.2) is 0 Å². The fourth-order valence-corrected chi connectivity index (χ4v) is 2.72. The highest BCUT2D eigenvalue weighted by atomic mass is 16.5. The Labute approximate surface area is 124 Å². The molecule has 0 bridgehead atoms. The molecule has 7 heteroatoms. The summed E-state index contributed by atoms with van der Waals surface area (Å²) in [5, 5.41) is 20.6. The molecule has 0 amide bonds. The molecule has 0 unspecified atom stereocenters. The molecule has 1 aromatic rings. The quantitative estimate of drug-likeness (QED) is 0.373. The minimum Gasteiger partial charge on any atom is -0.409 e. The van der Waals surface area contributed by atoms with E-state index in [-0.39, 0.29) is 5.84 Å². The number of methoxy groups -OCH3 is 1. The fourth-order valence-electron chi connectivity index (χ4n) is 2.72. The average Bonchev–Trinajstić information content (AvgIpc) is 2.50. The SMILES string of the molecule is COCC1CCN(c2nnc(C)c(C)c2C(N)=NO)CC1. The number of oxime groups is 1. The van der Waals surface area contributed by atoms with Gasteiger partial charge in [0.05, 0.1) is 11.3 Å². The van der Waals surface area contributed by atoms with Crippen molar-refractivity contribution in [3.8, 4) is 0 Å². The largest absolute Gasteiger partial charge is 0.409 e. The van der Waals surface area contributed by atoms with Crippen LogP contribution in [-0.2, 0) is 4.74 Å². The Morgan fingerprint density at radius 2 is 2.05 bits per heavy atom. The van der Waals surface area contributed by atoms with E-state index in [1.165, 1.54) is 0 Å². The van der Waals surface area contributed by atoms with E-state index in [1.807, 2.05) is 13.8 Å². The van der Waals surface area contributed by atoms with E-state index in [0.717, 1.165) is 43.8 Å². The van der Waals surface area contributed by atoms with Crippen LogP contribution in [0.1, 0.15) is 29.7 Å². The Morgan fingerprint density at radius 3 is 2.62 bits per heavy atom. The van der Waals surface area contributed by atoms with Crippen molar-refractivity contribution in [3.63, 3.8) is 0 Å². The van der Waals surface area contributed by atoms with Gasteiger partial charge in [-0.15, -0.1) is 5.10 Å². The van der Waals surface area contributed by atoms with Gasteiger partial charge in [-0.1, -0.05) is 5.16 Å². The Kier molecular flexibility index (Phi) is 4.95. The number of hydrogen-bond donors (Lipinski definition) is 2. The van der Waals surface area contributed by atoms with Crippen molar-refractivity contribution in [2.45, 2.75) is 26.7 Å². The van der Waals surface area contributed by atoms with E-state index in [4.69, 9.17) is 15.7 Å². The maximum atomic E-state index is 9.02. The molecule has 1 aromatic heterocycles. The zero-order chi connectivity index (χ0) is 15.4. The number of anilines is 1. The summed E-state index contributed by atoms with van der Waals surface area (Å²) in [7, 11) is 1.73. The second-order valence-corrected chi connectivity index (χ2v) is 5.48. The maximum Gasteiger partial charge on any atom is 0.174 e. The molecule has 3 N–H and O–H groups in total. The van der Waals surface area contributed by atoms with Crippen LogP contribution in [-0.4, -0.2) is 48.0 Å². The number of amidine groups is 1. The van der Waals surface area contributed by atoms with Crippen LogP contribution in [0.3, 0.4) is 0 Å². The number of aryl methyl sites for hydroxylation is 1. The normalized spacial score (nSPS) is 17.3. The van der Waals surface area contributed by atoms with Gasteiger partial charge in [-0.3, -0.25) is 0 Å². The topological polar surface area (TPSA) is 96.9 Å². The standard InChI is InChI=1S/C14H23N5O2/c1-9-10(2)16-17-14(12(9)13(15)18-20)19-6-4-11(5-7-19)8-21-3/h11,20H,4-8H2,1-3H3,(H2,15,18). The number of rotatable bonds is 4. The summed E-state index contributed by atoms with van der Waals surface area (Å²) in [5.41, 5.74) is 8.19. The monoisotopic (exact) mass is 293 g/mol. The van der Waals surface area contributed by atoms with Gasteiger partial charge >= 0.3 is 0 Å². The summed E-state index contributed by atoms with van der Waals surface area (Å²) in [6.07, 6.45) is 2.08. The third kappa shape index (κ3) is 3.24. The lowest BCUT2D eigenvalue weighted by atomic mass is 9.97. The molecule has 0 aliphatic carbocycles. The van der Waals surface area contributed by atoms with E-state index >= 15 is 0 Å². The maximum absolute atomic E-state index is 9.02. The van der Waals surface area contributed by atoms with E-state index in [2.05, 4.69) is 20.3 Å². The van der Waals surface area contributed by atoms with Crippen LogP contribution in [0, 0.1) is 19.8 Å². The molecule has 21 heavy (non-hydrogen) atoms. The smallest absolute Gasteiger partial charge is 0.174 e. The fraction of sp³-hybridized carbons (Fsp3) is 0.643. The van der Waals surface area contributed by atoms with E-state index < -0.39 is 0 Å². The van der Waals surface area contributed by atoms with Gasteiger partial charge in [0.15, 0.2) is 11.7 Å². The third-order valence-corrected chi connectivity index (χ3v) is 4.12. The van der Waals surface area contributed by atoms with E-state index in [0.29, 0.717) is 17.3 Å². The van der Waals surface area contributed by atoms with E-state index in [9.17, 15) is 0 Å². The summed E-state index contributed by atoms with van der Waals surface area (Å²) in [6.45, 7) is 6.32. The van der Waals surface area contributed by atoms with Crippen molar-refractivity contribution in [1.29, 1.82) is 0 Å². The predicted molar refractivity (Wildman–Crippen MR) is 80.8 cm³/mol. The molecule has 116 valence electrons. The Bertz CT molecular complexity index is 524. The number of ether oxygens (including phenoxy) is 1. The summed E-state index contributed by atoms with van der Waals surface area (Å²) < 4.78 is 5.22. The van der Waals surface area contributed by atoms with E-state index in [1.54, 1.807) is 7.11 Å². The van der Waals surface area contributed by atoms with Gasteiger partial charge < -0.3 is 20.6 Å².